The fourth-order valence-corrected chi connectivity index (χ4v) is 6.60. The quantitative estimate of drug-likeness (QED) is 0.412. The van der Waals surface area contributed by atoms with Gasteiger partial charge in [0.2, 0.25) is 0 Å². The third-order valence-electron chi connectivity index (χ3n) is 7.33. The summed E-state index contributed by atoms with van der Waals surface area (Å²) in [7, 11) is 0. The topological polar surface area (TPSA) is 107 Å². The molecule has 4 N–H and O–H groups in total. The van der Waals surface area contributed by atoms with Gasteiger partial charge in [0.15, 0.2) is 5.65 Å². The minimum absolute atomic E-state index is 0.164. The van der Waals surface area contributed by atoms with Gasteiger partial charge in [-0.05, 0) is 48.1 Å². The highest BCUT2D eigenvalue weighted by molar-refractivity contribution is 7.99. The molecular weight excluding hydrogens is 485 g/mol. The van der Waals surface area contributed by atoms with Gasteiger partial charge in [-0.15, -0.1) is 0 Å². The number of fused-ring (bicyclic) bond motifs is 2. The Morgan fingerprint density at radius 3 is 2.80 bits per heavy atom. The van der Waals surface area contributed by atoms with Crippen LogP contribution in [0.1, 0.15) is 12.0 Å². The van der Waals surface area contributed by atoms with Gasteiger partial charge in [0.25, 0.3) is 0 Å². The zero-order valence-corrected chi connectivity index (χ0v) is 20.3. The highest BCUT2D eigenvalue weighted by Gasteiger charge is 2.66. The second kappa shape index (κ2) is 8.58. The van der Waals surface area contributed by atoms with Crippen molar-refractivity contribution in [2.24, 2.45) is 17.6 Å². The maximum atomic E-state index is 14.6. The molecule has 3 atom stereocenters. The number of nitrogen functional groups attached to an aromatic ring is 1. The predicted molar refractivity (Wildman–Crippen MR) is 136 cm³/mol. The van der Waals surface area contributed by atoms with Crippen LogP contribution < -0.4 is 16.4 Å². The summed E-state index contributed by atoms with van der Waals surface area (Å²) < 4.78 is 14.6. The molecule has 7 nitrogen and oxygen atoms in total. The van der Waals surface area contributed by atoms with Gasteiger partial charge in [-0.2, -0.15) is 0 Å². The number of anilines is 2. The maximum Gasteiger partial charge on any atom is 0.180 e. The minimum atomic E-state index is -0.291. The zero-order chi connectivity index (χ0) is 24.2. The Balaban J connectivity index is 1.23. The van der Waals surface area contributed by atoms with Crippen LogP contribution in [-0.2, 0) is 5.41 Å². The average molecular weight is 508 g/mol. The van der Waals surface area contributed by atoms with Crippen LogP contribution in [0.2, 0.25) is 5.02 Å². The number of aromatic nitrogens is 4. The number of piperidine rings is 1. The molecule has 0 bridgehead atoms. The summed E-state index contributed by atoms with van der Waals surface area (Å²) in [5, 5.41) is 1.09. The number of nitrogens with zero attached hydrogens (tertiary/aromatic N) is 5. The van der Waals surface area contributed by atoms with Crippen molar-refractivity contribution < 1.29 is 4.39 Å². The molecule has 0 radical (unpaired) electrons. The Hall–Kier alpha value is -3.01. The number of pyridine rings is 2. The third kappa shape index (κ3) is 3.69. The summed E-state index contributed by atoms with van der Waals surface area (Å²) in [6.07, 6.45) is 4.24. The lowest BCUT2D eigenvalue weighted by molar-refractivity contribution is 0.533. The first kappa shape index (κ1) is 22.5. The van der Waals surface area contributed by atoms with Crippen LogP contribution in [0.5, 0.6) is 0 Å². The number of rotatable bonds is 5. The summed E-state index contributed by atoms with van der Waals surface area (Å²) in [5.74, 6) is 1.67. The summed E-state index contributed by atoms with van der Waals surface area (Å²) in [6.45, 7) is 2.08. The first-order chi connectivity index (χ1) is 17.0. The van der Waals surface area contributed by atoms with Crippen molar-refractivity contribution in [1.29, 1.82) is 0 Å². The molecule has 1 aliphatic carbocycles. The van der Waals surface area contributed by atoms with Crippen LogP contribution in [0.15, 0.2) is 64.8 Å². The molecule has 4 heterocycles. The zero-order valence-electron chi connectivity index (χ0n) is 18.7. The van der Waals surface area contributed by atoms with E-state index in [9.17, 15) is 4.39 Å². The lowest BCUT2D eigenvalue weighted by Gasteiger charge is -2.27. The molecular formula is C25H23ClFN7S. The monoisotopic (exact) mass is 507 g/mol. The van der Waals surface area contributed by atoms with Gasteiger partial charge in [0.05, 0.1) is 11.2 Å². The third-order valence-corrected chi connectivity index (χ3v) is 8.80. The van der Waals surface area contributed by atoms with Crippen LogP contribution in [0.25, 0.3) is 11.2 Å². The molecule has 35 heavy (non-hydrogen) atoms. The van der Waals surface area contributed by atoms with Crippen LogP contribution >= 0.6 is 23.4 Å². The summed E-state index contributed by atoms with van der Waals surface area (Å²) in [6, 6.07) is 12.7. The van der Waals surface area contributed by atoms with Crippen molar-refractivity contribution >= 4 is 46.2 Å². The van der Waals surface area contributed by atoms with E-state index in [1.54, 1.807) is 24.5 Å². The van der Waals surface area contributed by atoms with Crippen LogP contribution in [0.3, 0.4) is 0 Å². The van der Waals surface area contributed by atoms with E-state index in [1.807, 2.05) is 24.3 Å². The minimum Gasteiger partial charge on any atom is -0.382 e. The van der Waals surface area contributed by atoms with Gasteiger partial charge in [0, 0.05) is 36.1 Å². The number of hydrogen-bond acceptors (Lipinski definition) is 8. The summed E-state index contributed by atoms with van der Waals surface area (Å²) >= 11 is 7.63. The Kier molecular flexibility index (Phi) is 5.51. The SMILES string of the molecule is NC[C@]1(c2ccccc2F)[C@@H]2CCN(c3ccc4nc(Sc5ccnc(N)c5Cl)cnc4n3)C[C@@H]21. The van der Waals surface area contributed by atoms with Crippen molar-refractivity contribution in [2.75, 3.05) is 30.3 Å². The molecule has 2 fully saturated rings. The maximum absolute atomic E-state index is 14.6. The van der Waals surface area contributed by atoms with Crippen molar-refractivity contribution in [3.05, 3.63) is 71.3 Å². The molecule has 10 heteroatoms. The molecule has 2 aliphatic rings. The number of nitrogens with two attached hydrogens (primary N) is 2. The highest BCUT2D eigenvalue weighted by Crippen LogP contribution is 2.63. The van der Waals surface area contributed by atoms with E-state index in [0.29, 0.717) is 39.6 Å². The summed E-state index contributed by atoms with van der Waals surface area (Å²) in [4.78, 5) is 21.0. The van der Waals surface area contributed by atoms with E-state index in [1.165, 1.54) is 17.8 Å². The molecule has 178 valence electrons. The lowest BCUT2D eigenvalue weighted by atomic mass is 9.91. The normalized spacial score (nSPS) is 23.3. The van der Waals surface area contributed by atoms with E-state index in [0.717, 1.165) is 35.8 Å². The fraction of sp³-hybridized carbons (Fsp3) is 0.280. The number of hydrogen-bond donors (Lipinski definition) is 2. The van der Waals surface area contributed by atoms with Gasteiger partial charge in [-0.1, -0.05) is 41.6 Å². The molecule has 1 saturated carbocycles. The molecule has 3 aromatic heterocycles. The van der Waals surface area contributed by atoms with Gasteiger partial charge in [0.1, 0.15) is 28.0 Å². The molecule has 6 rings (SSSR count). The van der Waals surface area contributed by atoms with Crippen LogP contribution in [0, 0.1) is 17.7 Å². The first-order valence-corrected chi connectivity index (χ1v) is 12.6. The molecule has 1 saturated heterocycles. The average Bonchev–Trinajstić information content (AvgIpc) is 3.54. The van der Waals surface area contributed by atoms with Crippen molar-refractivity contribution in [3.63, 3.8) is 0 Å². The predicted octanol–water partition coefficient (Wildman–Crippen LogP) is 4.30. The Morgan fingerprint density at radius 2 is 1.97 bits per heavy atom. The smallest absolute Gasteiger partial charge is 0.180 e. The summed E-state index contributed by atoms with van der Waals surface area (Å²) in [5.41, 5.74) is 13.8. The molecule has 1 aromatic carbocycles. The van der Waals surface area contributed by atoms with E-state index >= 15 is 0 Å². The van der Waals surface area contributed by atoms with E-state index in [4.69, 9.17) is 28.1 Å². The van der Waals surface area contributed by atoms with Gasteiger partial charge < -0.3 is 16.4 Å². The van der Waals surface area contributed by atoms with Crippen LogP contribution in [-0.4, -0.2) is 39.6 Å². The second-order valence-electron chi connectivity index (χ2n) is 9.00. The van der Waals surface area contributed by atoms with E-state index in [-0.39, 0.29) is 17.1 Å². The highest BCUT2D eigenvalue weighted by atomic mass is 35.5. The second-order valence-corrected chi connectivity index (χ2v) is 10.4. The Labute approximate surface area is 211 Å². The van der Waals surface area contributed by atoms with E-state index in [2.05, 4.69) is 19.9 Å². The number of halogens is 2. The molecule has 4 aromatic rings. The number of benzene rings is 1. The van der Waals surface area contributed by atoms with Gasteiger partial charge >= 0.3 is 0 Å². The molecule has 0 spiro atoms. The van der Waals surface area contributed by atoms with Crippen molar-refractivity contribution in [3.8, 4) is 0 Å². The Morgan fingerprint density at radius 1 is 1.11 bits per heavy atom. The fourth-order valence-electron chi connectivity index (χ4n) is 5.57. The van der Waals surface area contributed by atoms with Crippen molar-refractivity contribution in [1.82, 2.24) is 19.9 Å². The molecule has 1 aliphatic heterocycles. The largest absolute Gasteiger partial charge is 0.382 e. The Bertz CT molecular complexity index is 1440. The van der Waals surface area contributed by atoms with Crippen LogP contribution in [0.4, 0.5) is 16.0 Å². The van der Waals surface area contributed by atoms with Crippen molar-refractivity contribution in [2.45, 2.75) is 21.8 Å². The molecule has 0 unspecified atom stereocenters. The van der Waals surface area contributed by atoms with Gasteiger partial charge in [-0.3, -0.25) is 0 Å². The first-order valence-electron chi connectivity index (χ1n) is 11.4. The van der Waals surface area contributed by atoms with E-state index < -0.39 is 0 Å². The lowest BCUT2D eigenvalue weighted by Crippen LogP contribution is -2.32. The van der Waals surface area contributed by atoms with Gasteiger partial charge in [-0.25, -0.2) is 24.3 Å². The molecule has 0 amide bonds. The standard InChI is InChI=1S/C25H23ClFN7S/c26-22-19(7-9-30-23(22)29)35-21-11-31-24-18(32-21)5-6-20(33-24)34-10-8-14-16(12-34)25(14,13-28)15-3-1-2-4-17(15)27/h1-7,9,11,14,16H,8,10,12-13,28H2,(H2,29,30)/t14-,16+,25-/m1/s1.